The van der Waals surface area contributed by atoms with Gasteiger partial charge < -0.3 is 4.90 Å². The van der Waals surface area contributed by atoms with Crippen molar-refractivity contribution in [3.8, 4) is 11.3 Å². The van der Waals surface area contributed by atoms with E-state index in [4.69, 9.17) is 39.8 Å². The van der Waals surface area contributed by atoms with Crippen LogP contribution in [0.15, 0.2) is 52.7 Å². The van der Waals surface area contributed by atoms with Crippen molar-refractivity contribution in [1.29, 1.82) is 0 Å². The minimum absolute atomic E-state index is 0.154. The van der Waals surface area contributed by atoms with Crippen molar-refractivity contribution in [2.24, 2.45) is 0 Å². The summed E-state index contributed by atoms with van der Waals surface area (Å²) in [5.41, 5.74) is 1.90. The van der Waals surface area contributed by atoms with Gasteiger partial charge in [0.15, 0.2) is 15.0 Å². The highest BCUT2D eigenvalue weighted by molar-refractivity contribution is 7.92. The van der Waals surface area contributed by atoms with E-state index in [-0.39, 0.29) is 9.92 Å². The number of thiazole rings is 1. The van der Waals surface area contributed by atoms with Gasteiger partial charge in [0.1, 0.15) is 0 Å². The van der Waals surface area contributed by atoms with Crippen molar-refractivity contribution in [1.82, 2.24) is 4.98 Å². The smallest absolute Gasteiger partial charge is 0.185 e. The summed E-state index contributed by atoms with van der Waals surface area (Å²) in [5.74, 6) is 0. The number of piperidine rings is 1. The molecule has 2 heterocycles. The van der Waals surface area contributed by atoms with Crippen molar-refractivity contribution >= 4 is 61.1 Å². The van der Waals surface area contributed by atoms with Crippen molar-refractivity contribution in [3.63, 3.8) is 0 Å². The molecular weight excluding hydrogens is 471 g/mol. The Morgan fingerprint density at radius 1 is 0.966 bits per heavy atom. The Bertz CT molecular complexity index is 1120. The Morgan fingerprint density at radius 3 is 2.28 bits per heavy atom. The fourth-order valence-electron chi connectivity index (χ4n) is 3.41. The molecule has 1 aliphatic heterocycles. The molecule has 0 radical (unpaired) electrons. The molecule has 2 aromatic carbocycles. The zero-order valence-electron chi connectivity index (χ0n) is 15.2. The second-order valence-electron chi connectivity index (χ2n) is 6.83. The molecule has 0 atom stereocenters. The molecule has 1 saturated heterocycles. The highest BCUT2D eigenvalue weighted by atomic mass is 35.5. The van der Waals surface area contributed by atoms with Gasteiger partial charge in [-0.05, 0) is 43.2 Å². The lowest BCUT2D eigenvalue weighted by Gasteiger charge is -2.31. The first kappa shape index (κ1) is 20.9. The summed E-state index contributed by atoms with van der Waals surface area (Å²) >= 11 is 19.5. The van der Waals surface area contributed by atoms with E-state index in [1.165, 1.54) is 12.1 Å². The van der Waals surface area contributed by atoms with E-state index in [0.29, 0.717) is 36.0 Å². The van der Waals surface area contributed by atoms with Crippen molar-refractivity contribution in [2.75, 3.05) is 18.0 Å². The van der Waals surface area contributed by atoms with Gasteiger partial charge in [-0.25, -0.2) is 13.4 Å². The van der Waals surface area contributed by atoms with E-state index in [0.717, 1.165) is 16.4 Å². The summed E-state index contributed by atoms with van der Waals surface area (Å²) < 4.78 is 26.0. The lowest BCUT2D eigenvalue weighted by atomic mass is 10.1. The number of benzene rings is 2. The standard InChI is InChI=1S/C20H17Cl3N2O2S2/c21-14-3-1-13(2-4-14)18-12-28-20(24-18)25-9-7-16(8-10-25)29(26,27)19-6-5-15(22)11-17(19)23/h1-6,11-12,16H,7-10H2. The Kier molecular flexibility index (Phi) is 6.09. The molecule has 3 aromatic rings. The van der Waals surface area contributed by atoms with E-state index in [1.54, 1.807) is 17.4 Å². The van der Waals surface area contributed by atoms with Crippen LogP contribution in [0.25, 0.3) is 11.3 Å². The second-order valence-corrected chi connectivity index (χ2v) is 11.1. The summed E-state index contributed by atoms with van der Waals surface area (Å²) in [6.07, 6.45) is 1.05. The van der Waals surface area contributed by atoms with Crippen LogP contribution >= 0.6 is 46.1 Å². The van der Waals surface area contributed by atoms with Crippen LogP contribution in [-0.4, -0.2) is 31.7 Å². The Hall–Kier alpha value is -1.31. The van der Waals surface area contributed by atoms with Crippen molar-refractivity contribution in [3.05, 3.63) is 62.9 Å². The number of aromatic nitrogens is 1. The summed E-state index contributed by atoms with van der Waals surface area (Å²) in [4.78, 5) is 7.01. The van der Waals surface area contributed by atoms with Crippen molar-refractivity contribution < 1.29 is 8.42 Å². The first-order chi connectivity index (χ1) is 13.8. The van der Waals surface area contributed by atoms with Gasteiger partial charge in [-0.3, -0.25) is 0 Å². The number of rotatable bonds is 4. The number of hydrogen-bond acceptors (Lipinski definition) is 5. The molecule has 1 aromatic heterocycles. The minimum atomic E-state index is -3.50. The van der Waals surface area contributed by atoms with Crippen molar-refractivity contribution in [2.45, 2.75) is 23.0 Å². The predicted octanol–water partition coefficient (Wildman–Crippen LogP) is 6.21. The summed E-state index contributed by atoms with van der Waals surface area (Å²) in [5, 5.41) is 3.72. The molecule has 1 aliphatic rings. The van der Waals surface area contributed by atoms with Gasteiger partial charge in [-0.2, -0.15) is 0 Å². The van der Waals surface area contributed by atoms with Gasteiger partial charge in [0.25, 0.3) is 0 Å². The molecule has 152 valence electrons. The van der Waals surface area contributed by atoms with Gasteiger partial charge in [0.05, 0.1) is 20.9 Å². The zero-order valence-corrected chi connectivity index (χ0v) is 19.1. The lowest BCUT2D eigenvalue weighted by molar-refractivity contribution is 0.529. The highest BCUT2D eigenvalue weighted by Crippen LogP contribution is 2.34. The van der Waals surface area contributed by atoms with E-state index in [9.17, 15) is 8.42 Å². The van der Waals surface area contributed by atoms with Gasteiger partial charge in [-0.1, -0.05) is 46.9 Å². The third-order valence-electron chi connectivity index (χ3n) is 4.98. The number of halogens is 3. The third-order valence-corrected chi connectivity index (χ3v) is 9.12. The van der Waals surface area contributed by atoms with Crippen LogP contribution in [0.2, 0.25) is 15.1 Å². The quantitative estimate of drug-likeness (QED) is 0.439. The number of anilines is 1. The first-order valence-electron chi connectivity index (χ1n) is 9.00. The number of sulfone groups is 1. The third kappa shape index (κ3) is 4.42. The molecule has 9 heteroatoms. The maximum Gasteiger partial charge on any atom is 0.185 e. The monoisotopic (exact) mass is 486 g/mol. The molecule has 0 aliphatic carbocycles. The highest BCUT2D eigenvalue weighted by Gasteiger charge is 2.33. The molecule has 4 nitrogen and oxygen atoms in total. The molecule has 0 bridgehead atoms. The molecule has 0 amide bonds. The van der Waals surface area contributed by atoms with E-state index < -0.39 is 15.1 Å². The van der Waals surface area contributed by atoms with Crippen LogP contribution in [0, 0.1) is 0 Å². The van der Waals surface area contributed by atoms with Crippen LogP contribution in [0.3, 0.4) is 0 Å². The fourth-order valence-corrected chi connectivity index (χ4v) is 6.93. The Balaban J connectivity index is 1.46. The van der Waals surface area contributed by atoms with Gasteiger partial charge in [0.2, 0.25) is 0 Å². The first-order valence-corrected chi connectivity index (χ1v) is 12.6. The average Bonchev–Trinajstić information content (AvgIpc) is 3.18. The number of hydrogen-bond donors (Lipinski definition) is 0. The maximum atomic E-state index is 13.0. The van der Waals surface area contributed by atoms with E-state index in [1.807, 2.05) is 29.6 Å². The predicted molar refractivity (Wildman–Crippen MR) is 121 cm³/mol. The maximum absolute atomic E-state index is 13.0. The average molecular weight is 488 g/mol. The normalized spacial score (nSPS) is 15.6. The summed E-state index contributed by atoms with van der Waals surface area (Å²) in [7, 11) is -3.50. The summed E-state index contributed by atoms with van der Waals surface area (Å²) in [6.45, 7) is 1.26. The SMILES string of the molecule is O=S(=O)(c1ccc(Cl)cc1Cl)C1CCN(c2nc(-c3ccc(Cl)cc3)cs2)CC1. The van der Waals surface area contributed by atoms with E-state index in [2.05, 4.69) is 4.90 Å². The van der Waals surface area contributed by atoms with Crippen LogP contribution in [-0.2, 0) is 9.84 Å². The molecular formula is C20H17Cl3N2O2S2. The zero-order chi connectivity index (χ0) is 20.6. The Morgan fingerprint density at radius 2 is 1.62 bits per heavy atom. The van der Waals surface area contributed by atoms with Gasteiger partial charge in [-0.15, -0.1) is 11.3 Å². The van der Waals surface area contributed by atoms with Gasteiger partial charge >= 0.3 is 0 Å². The number of nitrogens with zero attached hydrogens (tertiary/aromatic N) is 2. The lowest BCUT2D eigenvalue weighted by Crippen LogP contribution is -2.39. The largest absolute Gasteiger partial charge is 0.348 e. The molecule has 0 spiro atoms. The van der Waals surface area contributed by atoms with Gasteiger partial charge in [0, 0.05) is 34.1 Å². The van der Waals surface area contributed by atoms with Crippen LogP contribution in [0.4, 0.5) is 5.13 Å². The van der Waals surface area contributed by atoms with Crippen LogP contribution in [0.5, 0.6) is 0 Å². The topological polar surface area (TPSA) is 50.3 Å². The second kappa shape index (κ2) is 8.44. The summed E-state index contributed by atoms with van der Waals surface area (Å²) in [6, 6.07) is 12.1. The molecule has 0 saturated carbocycles. The van der Waals surface area contributed by atoms with E-state index >= 15 is 0 Å². The minimum Gasteiger partial charge on any atom is -0.348 e. The molecule has 0 N–H and O–H groups in total. The molecule has 29 heavy (non-hydrogen) atoms. The van der Waals surface area contributed by atoms with Crippen LogP contribution < -0.4 is 4.90 Å². The molecule has 4 rings (SSSR count). The Labute approximate surface area is 189 Å². The fraction of sp³-hybridized carbons (Fsp3) is 0.250. The molecule has 0 unspecified atom stereocenters. The van der Waals surface area contributed by atoms with Crippen LogP contribution in [0.1, 0.15) is 12.8 Å². The molecule has 1 fully saturated rings.